The van der Waals surface area contributed by atoms with Gasteiger partial charge in [-0.05, 0) is 31.0 Å². The summed E-state index contributed by atoms with van der Waals surface area (Å²) in [6.45, 7) is 1.82. The van der Waals surface area contributed by atoms with E-state index in [0.717, 1.165) is 5.56 Å². The molecule has 2 atom stereocenters. The SMILES string of the molecule is CC(N)c1ccc(S(=O)(=O)N(C)C2CCS(=O)(=O)C2)cc1. The Labute approximate surface area is 125 Å². The number of nitrogens with zero attached hydrogens (tertiary/aromatic N) is 1. The fraction of sp³-hybridized carbons (Fsp3) is 0.538. The van der Waals surface area contributed by atoms with Crippen LogP contribution in [0.3, 0.4) is 0 Å². The van der Waals surface area contributed by atoms with E-state index in [1.54, 1.807) is 12.1 Å². The van der Waals surface area contributed by atoms with Gasteiger partial charge in [0.15, 0.2) is 9.84 Å². The van der Waals surface area contributed by atoms with Gasteiger partial charge in [-0.1, -0.05) is 12.1 Å². The number of nitrogens with two attached hydrogens (primary N) is 1. The second-order valence-corrected chi connectivity index (χ2v) is 9.66. The van der Waals surface area contributed by atoms with Gasteiger partial charge in [0.05, 0.1) is 16.4 Å². The van der Waals surface area contributed by atoms with Gasteiger partial charge >= 0.3 is 0 Å². The molecule has 0 radical (unpaired) electrons. The molecule has 2 unspecified atom stereocenters. The fourth-order valence-electron chi connectivity index (χ4n) is 2.37. The maximum atomic E-state index is 12.5. The van der Waals surface area contributed by atoms with Crippen LogP contribution in [0, 0.1) is 0 Å². The van der Waals surface area contributed by atoms with E-state index < -0.39 is 25.9 Å². The number of hydrogen-bond donors (Lipinski definition) is 1. The molecule has 21 heavy (non-hydrogen) atoms. The highest BCUT2D eigenvalue weighted by atomic mass is 32.2. The Morgan fingerprint density at radius 1 is 1.29 bits per heavy atom. The molecule has 1 heterocycles. The zero-order valence-electron chi connectivity index (χ0n) is 12.1. The molecule has 1 saturated heterocycles. The molecular formula is C13H20N2O4S2. The van der Waals surface area contributed by atoms with Gasteiger partial charge in [-0.25, -0.2) is 16.8 Å². The molecule has 0 amide bonds. The van der Waals surface area contributed by atoms with Gasteiger partial charge in [0.2, 0.25) is 10.0 Å². The first-order valence-electron chi connectivity index (χ1n) is 6.67. The molecule has 1 aromatic carbocycles. The van der Waals surface area contributed by atoms with Crippen molar-refractivity contribution in [3.8, 4) is 0 Å². The molecule has 118 valence electrons. The Balaban J connectivity index is 2.25. The largest absolute Gasteiger partial charge is 0.324 e. The summed E-state index contributed by atoms with van der Waals surface area (Å²) in [5.41, 5.74) is 6.58. The molecule has 0 saturated carbocycles. The Morgan fingerprint density at radius 3 is 2.29 bits per heavy atom. The number of rotatable bonds is 4. The molecule has 2 N–H and O–H groups in total. The van der Waals surface area contributed by atoms with E-state index in [9.17, 15) is 16.8 Å². The molecule has 1 aliphatic heterocycles. The first-order valence-corrected chi connectivity index (χ1v) is 9.93. The van der Waals surface area contributed by atoms with Gasteiger partial charge < -0.3 is 5.73 Å². The molecule has 8 heteroatoms. The first-order chi connectivity index (χ1) is 9.63. The molecule has 0 aliphatic carbocycles. The van der Waals surface area contributed by atoms with Crippen LogP contribution in [0.1, 0.15) is 24.9 Å². The van der Waals surface area contributed by atoms with Gasteiger partial charge in [0.25, 0.3) is 0 Å². The highest BCUT2D eigenvalue weighted by Crippen LogP contribution is 2.24. The molecule has 1 aliphatic rings. The summed E-state index contributed by atoms with van der Waals surface area (Å²) in [6.07, 6.45) is 0.343. The molecule has 0 bridgehead atoms. The molecule has 6 nitrogen and oxygen atoms in total. The zero-order chi connectivity index (χ0) is 15.8. The van der Waals surface area contributed by atoms with Crippen LogP contribution in [0.2, 0.25) is 0 Å². The second-order valence-electron chi connectivity index (χ2n) is 5.44. The van der Waals surface area contributed by atoms with Crippen LogP contribution in [0.25, 0.3) is 0 Å². The monoisotopic (exact) mass is 332 g/mol. The molecule has 1 fully saturated rings. The summed E-state index contributed by atoms with van der Waals surface area (Å²) >= 11 is 0. The lowest BCUT2D eigenvalue weighted by atomic mass is 10.1. The van der Waals surface area contributed by atoms with Crippen molar-refractivity contribution in [3.05, 3.63) is 29.8 Å². The van der Waals surface area contributed by atoms with E-state index in [0.29, 0.717) is 6.42 Å². The third-order valence-electron chi connectivity index (χ3n) is 3.81. The van der Waals surface area contributed by atoms with Gasteiger partial charge in [-0.3, -0.25) is 0 Å². The average molecular weight is 332 g/mol. The van der Waals surface area contributed by atoms with Crippen molar-refractivity contribution in [2.75, 3.05) is 18.6 Å². The molecule has 2 rings (SSSR count). The average Bonchev–Trinajstić information content (AvgIpc) is 2.78. The summed E-state index contributed by atoms with van der Waals surface area (Å²) in [5, 5.41) is 0. The zero-order valence-corrected chi connectivity index (χ0v) is 13.7. The third-order valence-corrected chi connectivity index (χ3v) is 7.48. The highest BCUT2D eigenvalue weighted by Gasteiger charge is 2.36. The number of sulfonamides is 1. The standard InChI is InChI=1S/C13H20N2O4S2/c1-10(14)11-3-5-13(6-4-11)21(18,19)15(2)12-7-8-20(16,17)9-12/h3-6,10,12H,7-9,14H2,1-2H3. The predicted octanol–water partition coefficient (Wildman–Crippen LogP) is 0.514. The van der Waals surface area contributed by atoms with Crippen LogP contribution in [-0.4, -0.2) is 45.7 Å². The first kappa shape index (κ1) is 16.4. The van der Waals surface area contributed by atoms with E-state index in [-0.39, 0.29) is 22.4 Å². The quantitative estimate of drug-likeness (QED) is 0.866. The smallest absolute Gasteiger partial charge is 0.243 e. The minimum atomic E-state index is -3.69. The topological polar surface area (TPSA) is 97.5 Å². The number of hydrogen-bond acceptors (Lipinski definition) is 5. The van der Waals surface area contributed by atoms with Crippen LogP contribution < -0.4 is 5.73 Å². The van der Waals surface area contributed by atoms with Crippen molar-refractivity contribution in [1.29, 1.82) is 0 Å². The van der Waals surface area contributed by atoms with E-state index in [1.807, 2.05) is 6.92 Å². The Hall–Kier alpha value is -0.960. The van der Waals surface area contributed by atoms with E-state index in [1.165, 1.54) is 23.5 Å². The summed E-state index contributed by atoms with van der Waals surface area (Å²) in [4.78, 5) is 0.152. The lowest BCUT2D eigenvalue weighted by molar-refractivity contribution is 0.394. The van der Waals surface area contributed by atoms with Gasteiger partial charge in [-0.2, -0.15) is 4.31 Å². The third kappa shape index (κ3) is 3.45. The minimum Gasteiger partial charge on any atom is -0.324 e. The Bertz CT molecular complexity index is 709. The summed E-state index contributed by atoms with van der Waals surface area (Å²) in [6, 6.07) is 5.71. The van der Waals surface area contributed by atoms with Crippen LogP contribution in [0.5, 0.6) is 0 Å². The van der Waals surface area contributed by atoms with Crippen LogP contribution in [-0.2, 0) is 19.9 Å². The maximum absolute atomic E-state index is 12.5. The Morgan fingerprint density at radius 2 is 1.86 bits per heavy atom. The molecule has 1 aromatic rings. The normalized spacial score (nSPS) is 23.3. The van der Waals surface area contributed by atoms with Crippen molar-refractivity contribution in [1.82, 2.24) is 4.31 Å². The number of sulfone groups is 1. The van der Waals surface area contributed by atoms with Crippen LogP contribution in [0.15, 0.2) is 29.2 Å². The Kier molecular flexibility index (Phi) is 4.44. The molecule has 0 aromatic heterocycles. The van der Waals surface area contributed by atoms with Crippen molar-refractivity contribution >= 4 is 19.9 Å². The summed E-state index contributed by atoms with van der Waals surface area (Å²) in [5.74, 6) is -0.0677. The highest BCUT2D eigenvalue weighted by molar-refractivity contribution is 7.92. The lowest BCUT2D eigenvalue weighted by Crippen LogP contribution is -2.37. The van der Waals surface area contributed by atoms with Crippen molar-refractivity contribution in [3.63, 3.8) is 0 Å². The molecule has 0 spiro atoms. The van der Waals surface area contributed by atoms with E-state index in [4.69, 9.17) is 5.73 Å². The van der Waals surface area contributed by atoms with Gasteiger partial charge in [0.1, 0.15) is 0 Å². The second kappa shape index (κ2) is 5.68. The fourth-order valence-corrected chi connectivity index (χ4v) is 5.62. The van der Waals surface area contributed by atoms with Crippen LogP contribution in [0.4, 0.5) is 0 Å². The van der Waals surface area contributed by atoms with Crippen molar-refractivity contribution in [2.45, 2.75) is 30.3 Å². The number of benzene rings is 1. The summed E-state index contributed by atoms with van der Waals surface area (Å²) in [7, 11) is -5.38. The van der Waals surface area contributed by atoms with E-state index >= 15 is 0 Å². The van der Waals surface area contributed by atoms with Gasteiger partial charge in [0, 0.05) is 19.1 Å². The van der Waals surface area contributed by atoms with Crippen molar-refractivity contribution < 1.29 is 16.8 Å². The minimum absolute atomic E-state index is 0.0428. The maximum Gasteiger partial charge on any atom is 0.243 e. The summed E-state index contributed by atoms with van der Waals surface area (Å²) < 4.78 is 49.2. The van der Waals surface area contributed by atoms with E-state index in [2.05, 4.69) is 0 Å². The van der Waals surface area contributed by atoms with Gasteiger partial charge in [-0.15, -0.1) is 0 Å². The predicted molar refractivity (Wildman–Crippen MR) is 81.1 cm³/mol. The van der Waals surface area contributed by atoms with Crippen LogP contribution >= 0.6 is 0 Å². The van der Waals surface area contributed by atoms with Crippen molar-refractivity contribution in [2.24, 2.45) is 5.73 Å². The molecular weight excluding hydrogens is 312 g/mol. The lowest BCUT2D eigenvalue weighted by Gasteiger charge is -2.23.